The SMILES string of the molecule is Cc1ncc(C=CC(=O)N2CCCC(N)C2)s1. The molecule has 2 N–H and O–H groups in total. The van der Waals surface area contributed by atoms with Crippen LogP contribution in [-0.4, -0.2) is 34.9 Å². The number of likely N-dealkylation sites (tertiary alicyclic amines) is 1. The van der Waals surface area contributed by atoms with Crippen LogP contribution in [0, 0.1) is 6.92 Å². The van der Waals surface area contributed by atoms with Crippen molar-refractivity contribution < 1.29 is 4.79 Å². The van der Waals surface area contributed by atoms with E-state index < -0.39 is 0 Å². The van der Waals surface area contributed by atoms with Crippen LogP contribution in [0.15, 0.2) is 12.3 Å². The molecular weight excluding hydrogens is 234 g/mol. The lowest BCUT2D eigenvalue weighted by Crippen LogP contribution is -2.45. The number of aromatic nitrogens is 1. The summed E-state index contributed by atoms with van der Waals surface area (Å²) in [6.45, 7) is 3.44. The third-order valence-electron chi connectivity index (χ3n) is 2.80. The van der Waals surface area contributed by atoms with Gasteiger partial charge in [0.2, 0.25) is 5.91 Å². The highest BCUT2D eigenvalue weighted by Crippen LogP contribution is 2.14. The number of aryl methyl sites for hydroxylation is 1. The Morgan fingerprint density at radius 3 is 3.18 bits per heavy atom. The third kappa shape index (κ3) is 3.38. The molecule has 0 bridgehead atoms. The van der Waals surface area contributed by atoms with Crippen molar-refractivity contribution in [3.8, 4) is 0 Å². The highest BCUT2D eigenvalue weighted by molar-refractivity contribution is 7.12. The molecule has 0 aliphatic carbocycles. The summed E-state index contributed by atoms with van der Waals surface area (Å²) in [4.78, 5) is 18.9. The van der Waals surface area contributed by atoms with E-state index in [1.54, 1.807) is 23.6 Å². The first-order chi connectivity index (χ1) is 8.15. The van der Waals surface area contributed by atoms with E-state index in [1.165, 1.54) is 0 Å². The van der Waals surface area contributed by atoms with Crippen LogP contribution in [0.25, 0.3) is 6.08 Å². The van der Waals surface area contributed by atoms with E-state index in [0.717, 1.165) is 29.3 Å². The molecule has 0 saturated carbocycles. The van der Waals surface area contributed by atoms with Crippen molar-refractivity contribution in [2.75, 3.05) is 13.1 Å². The maximum atomic E-state index is 11.9. The standard InChI is InChI=1S/C12H17N3OS/c1-9-14-7-11(17-9)4-5-12(16)15-6-2-3-10(13)8-15/h4-5,7,10H,2-3,6,8,13H2,1H3. The Morgan fingerprint density at radius 2 is 2.53 bits per heavy atom. The zero-order valence-corrected chi connectivity index (χ0v) is 10.7. The molecule has 0 aromatic carbocycles. The molecule has 1 aromatic heterocycles. The maximum Gasteiger partial charge on any atom is 0.246 e. The summed E-state index contributed by atoms with van der Waals surface area (Å²) < 4.78 is 0. The number of rotatable bonds is 2. The van der Waals surface area contributed by atoms with E-state index >= 15 is 0 Å². The molecule has 0 spiro atoms. The van der Waals surface area contributed by atoms with E-state index in [0.29, 0.717) is 6.54 Å². The average molecular weight is 251 g/mol. The quantitative estimate of drug-likeness (QED) is 0.809. The van der Waals surface area contributed by atoms with E-state index in [-0.39, 0.29) is 11.9 Å². The minimum absolute atomic E-state index is 0.0474. The highest BCUT2D eigenvalue weighted by Gasteiger charge is 2.19. The molecule has 5 heteroatoms. The van der Waals surface area contributed by atoms with Crippen LogP contribution in [0.2, 0.25) is 0 Å². The van der Waals surface area contributed by atoms with Crippen molar-refractivity contribution in [2.45, 2.75) is 25.8 Å². The van der Waals surface area contributed by atoms with Crippen molar-refractivity contribution >= 4 is 23.3 Å². The molecule has 1 saturated heterocycles. The fourth-order valence-corrected chi connectivity index (χ4v) is 2.61. The molecule has 1 fully saturated rings. The smallest absolute Gasteiger partial charge is 0.246 e. The van der Waals surface area contributed by atoms with E-state index in [1.807, 2.05) is 17.9 Å². The molecule has 92 valence electrons. The number of nitrogens with two attached hydrogens (primary N) is 1. The van der Waals surface area contributed by atoms with Gasteiger partial charge in [-0.05, 0) is 25.8 Å². The highest BCUT2D eigenvalue weighted by atomic mass is 32.1. The lowest BCUT2D eigenvalue weighted by Gasteiger charge is -2.29. The summed E-state index contributed by atoms with van der Waals surface area (Å²) in [5.41, 5.74) is 5.85. The van der Waals surface area contributed by atoms with Gasteiger partial charge in [-0.2, -0.15) is 0 Å². The van der Waals surface area contributed by atoms with Crippen molar-refractivity contribution in [3.63, 3.8) is 0 Å². The van der Waals surface area contributed by atoms with Crippen molar-refractivity contribution in [1.82, 2.24) is 9.88 Å². The lowest BCUT2D eigenvalue weighted by molar-refractivity contribution is -0.127. The summed E-state index contributed by atoms with van der Waals surface area (Å²) in [6.07, 6.45) is 7.24. The van der Waals surface area contributed by atoms with Gasteiger partial charge in [0.15, 0.2) is 0 Å². The average Bonchev–Trinajstić information content (AvgIpc) is 2.72. The summed E-state index contributed by atoms with van der Waals surface area (Å²) >= 11 is 1.58. The van der Waals surface area contributed by atoms with E-state index in [4.69, 9.17) is 5.73 Å². The largest absolute Gasteiger partial charge is 0.338 e. The number of nitrogens with zero attached hydrogens (tertiary/aromatic N) is 2. The molecule has 1 atom stereocenters. The molecule has 4 nitrogen and oxygen atoms in total. The van der Waals surface area contributed by atoms with Crippen molar-refractivity contribution in [2.24, 2.45) is 5.73 Å². The topological polar surface area (TPSA) is 59.2 Å². The molecule has 1 amide bonds. The summed E-state index contributed by atoms with van der Waals surface area (Å²) in [6, 6.07) is 0.131. The first-order valence-electron chi connectivity index (χ1n) is 5.80. The van der Waals surface area contributed by atoms with E-state index in [9.17, 15) is 4.79 Å². The molecule has 1 unspecified atom stereocenters. The molecule has 2 heterocycles. The van der Waals surface area contributed by atoms with Crippen LogP contribution >= 0.6 is 11.3 Å². The van der Waals surface area contributed by atoms with Gasteiger partial charge < -0.3 is 10.6 Å². The number of carbonyl (C=O) groups is 1. The Balaban J connectivity index is 1.94. The maximum absolute atomic E-state index is 11.9. The van der Waals surface area contributed by atoms with Crippen LogP contribution in [-0.2, 0) is 4.79 Å². The zero-order valence-electron chi connectivity index (χ0n) is 9.93. The van der Waals surface area contributed by atoms with Gasteiger partial charge >= 0.3 is 0 Å². The summed E-state index contributed by atoms with van der Waals surface area (Å²) in [5, 5.41) is 1.01. The summed E-state index contributed by atoms with van der Waals surface area (Å²) in [5.74, 6) is 0.0474. The third-order valence-corrected chi connectivity index (χ3v) is 3.68. The Labute approximate surface area is 105 Å². The van der Waals surface area contributed by atoms with Crippen LogP contribution < -0.4 is 5.73 Å². The van der Waals surface area contributed by atoms with Crippen LogP contribution in [0.4, 0.5) is 0 Å². The van der Waals surface area contributed by atoms with Crippen LogP contribution in [0.5, 0.6) is 0 Å². The molecule has 0 radical (unpaired) electrons. The number of hydrogen-bond acceptors (Lipinski definition) is 4. The number of thiazole rings is 1. The monoisotopic (exact) mass is 251 g/mol. The van der Waals surface area contributed by atoms with Gasteiger partial charge in [0.25, 0.3) is 0 Å². The molecule has 17 heavy (non-hydrogen) atoms. The Hall–Kier alpha value is -1.20. The summed E-state index contributed by atoms with van der Waals surface area (Å²) in [7, 11) is 0. The molecule has 1 aliphatic rings. The molecule has 1 aliphatic heterocycles. The fourth-order valence-electron chi connectivity index (χ4n) is 1.92. The van der Waals surface area contributed by atoms with Gasteiger partial charge in [0, 0.05) is 36.3 Å². The Bertz CT molecular complexity index is 427. The van der Waals surface area contributed by atoms with Gasteiger partial charge in [0.1, 0.15) is 0 Å². The zero-order chi connectivity index (χ0) is 12.3. The van der Waals surface area contributed by atoms with Crippen molar-refractivity contribution in [1.29, 1.82) is 0 Å². The van der Waals surface area contributed by atoms with Gasteiger partial charge in [-0.3, -0.25) is 4.79 Å². The second kappa shape index (κ2) is 5.42. The van der Waals surface area contributed by atoms with Gasteiger partial charge in [-0.1, -0.05) is 0 Å². The minimum atomic E-state index is 0.0474. The van der Waals surface area contributed by atoms with Crippen LogP contribution in [0.3, 0.4) is 0 Å². The predicted molar refractivity (Wildman–Crippen MR) is 69.7 cm³/mol. The lowest BCUT2D eigenvalue weighted by atomic mass is 10.1. The number of carbonyl (C=O) groups excluding carboxylic acids is 1. The fraction of sp³-hybridized carbons (Fsp3) is 0.500. The van der Waals surface area contributed by atoms with E-state index in [2.05, 4.69) is 4.98 Å². The predicted octanol–water partition coefficient (Wildman–Crippen LogP) is 1.41. The normalized spacial score (nSPS) is 21.1. The first-order valence-corrected chi connectivity index (χ1v) is 6.62. The first kappa shape index (κ1) is 12.3. The van der Waals surface area contributed by atoms with Crippen molar-refractivity contribution in [3.05, 3.63) is 22.2 Å². The molecule has 2 rings (SSSR count). The minimum Gasteiger partial charge on any atom is -0.338 e. The second-order valence-corrected chi connectivity index (χ2v) is 5.57. The van der Waals surface area contributed by atoms with Gasteiger partial charge in [-0.25, -0.2) is 4.98 Å². The number of amides is 1. The molecular formula is C12H17N3OS. The Morgan fingerprint density at radius 1 is 1.71 bits per heavy atom. The number of piperidine rings is 1. The molecule has 1 aromatic rings. The number of hydrogen-bond donors (Lipinski definition) is 1. The van der Waals surface area contributed by atoms with Gasteiger partial charge in [-0.15, -0.1) is 11.3 Å². The Kier molecular flexibility index (Phi) is 3.91. The van der Waals surface area contributed by atoms with Gasteiger partial charge in [0.05, 0.1) is 5.01 Å². The second-order valence-electron chi connectivity index (χ2n) is 4.30. The van der Waals surface area contributed by atoms with Crippen LogP contribution in [0.1, 0.15) is 22.7 Å².